The lowest BCUT2D eigenvalue weighted by Gasteiger charge is -2.40. The summed E-state index contributed by atoms with van der Waals surface area (Å²) < 4.78 is 5.49. The van der Waals surface area contributed by atoms with Crippen LogP contribution in [0.2, 0.25) is 0 Å². The molecule has 1 aliphatic carbocycles. The normalized spacial score (nSPS) is 31.9. The molecule has 1 amide bonds. The molecule has 1 heterocycles. The predicted molar refractivity (Wildman–Crippen MR) is 71.2 cm³/mol. The number of carbonyl (C=O) groups excluding carboxylic acids is 1. The Labute approximate surface area is 110 Å². The first-order valence-electron chi connectivity index (χ1n) is 7.21. The fourth-order valence-electron chi connectivity index (χ4n) is 3.19. The van der Waals surface area contributed by atoms with Gasteiger partial charge < -0.3 is 15.8 Å². The molecule has 2 aliphatic rings. The highest BCUT2D eigenvalue weighted by Gasteiger charge is 2.41. The first-order valence-corrected chi connectivity index (χ1v) is 7.21. The Kier molecular flexibility index (Phi) is 4.28. The van der Waals surface area contributed by atoms with Crippen LogP contribution in [0.1, 0.15) is 51.9 Å². The fourth-order valence-corrected chi connectivity index (χ4v) is 3.19. The highest BCUT2D eigenvalue weighted by molar-refractivity contribution is 5.83. The van der Waals surface area contributed by atoms with E-state index >= 15 is 0 Å². The number of hydrogen-bond acceptors (Lipinski definition) is 3. The van der Waals surface area contributed by atoms with Crippen molar-refractivity contribution in [1.82, 2.24) is 5.32 Å². The summed E-state index contributed by atoms with van der Waals surface area (Å²) in [6.07, 6.45) is 7.37. The van der Waals surface area contributed by atoms with Gasteiger partial charge in [0.05, 0.1) is 17.6 Å². The second-order valence-electron chi connectivity index (χ2n) is 6.22. The monoisotopic (exact) mass is 254 g/mol. The Morgan fingerprint density at radius 2 is 1.94 bits per heavy atom. The standard InChI is InChI=1S/C14H26N2O2/c1-13(6-5-9-18-11-13)16-12(17)14(10-15)7-3-2-4-8-14/h2-11,15H2,1H3,(H,16,17). The number of ether oxygens (including phenoxy) is 1. The summed E-state index contributed by atoms with van der Waals surface area (Å²) in [7, 11) is 0. The van der Waals surface area contributed by atoms with Gasteiger partial charge in [0, 0.05) is 13.2 Å². The van der Waals surface area contributed by atoms with Gasteiger partial charge in [0.1, 0.15) is 0 Å². The van der Waals surface area contributed by atoms with Crippen LogP contribution < -0.4 is 11.1 Å². The van der Waals surface area contributed by atoms with Crippen molar-refractivity contribution in [3.8, 4) is 0 Å². The molecule has 104 valence electrons. The summed E-state index contributed by atoms with van der Waals surface area (Å²) >= 11 is 0. The molecule has 0 aromatic rings. The number of nitrogens with one attached hydrogen (secondary N) is 1. The van der Waals surface area contributed by atoms with E-state index in [1.165, 1.54) is 6.42 Å². The molecule has 4 nitrogen and oxygen atoms in total. The minimum absolute atomic E-state index is 0.151. The van der Waals surface area contributed by atoms with Crippen molar-refractivity contribution in [3.63, 3.8) is 0 Å². The van der Waals surface area contributed by atoms with Crippen molar-refractivity contribution in [2.45, 2.75) is 57.4 Å². The number of nitrogens with two attached hydrogens (primary N) is 1. The molecule has 2 fully saturated rings. The molecule has 1 saturated heterocycles. The van der Waals surface area contributed by atoms with Crippen molar-refractivity contribution in [1.29, 1.82) is 0 Å². The van der Waals surface area contributed by atoms with Gasteiger partial charge in [0.15, 0.2) is 0 Å². The van der Waals surface area contributed by atoms with Crippen LogP contribution in [-0.2, 0) is 9.53 Å². The van der Waals surface area contributed by atoms with Gasteiger partial charge in [0.2, 0.25) is 5.91 Å². The van der Waals surface area contributed by atoms with Crippen LogP contribution >= 0.6 is 0 Å². The van der Waals surface area contributed by atoms with Gasteiger partial charge in [-0.1, -0.05) is 19.3 Å². The third-order valence-electron chi connectivity index (χ3n) is 4.54. The van der Waals surface area contributed by atoms with E-state index in [-0.39, 0.29) is 16.9 Å². The van der Waals surface area contributed by atoms with Gasteiger partial charge in [-0.25, -0.2) is 0 Å². The van der Waals surface area contributed by atoms with Crippen molar-refractivity contribution in [2.75, 3.05) is 19.8 Å². The first kappa shape index (κ1) is 13.8. The molecule has 0 radical (unpaired) electrons. The van der Waals surface area contributed by atoms with E-state index in [1.807, 2.05) is 0 Å². The fraction of sp³-hybridized carbons (Fsp3) is 0.929. The predicted octanol–water partition coefficient (Wildman–Crippen LogP) is 1.58. The van der Waals surface area contributed by atoms with Crippen LogP contribution in [0.4, 0.5) is 0 Å². The Morgan fingerprint density at radius 1 is 1.22 bits per heavy atom. The molecule has 1 unspecified atom stereocenters. The second-order valence-corrected chi connectivity index (χ2v) is 6.22. The van der Waals surface area contributed by atoms with Crippen molar-refractivity contribution in [3.05, 3.63) is 0 Å². The van der Waals surface area contributed by atoms with Crippen LogP contribution in [0.25, 0.3) is 0 Å². The smallest absolute Gasteiger partial charge is 0.227 e. The molecule has 4 heteroatoms. The minimum atomic E-state index is -0.321. The summed E-state index contributed by atoms with van der Waals surface area (Å²) in [5, 5.41) is 3.21. The van der Waals surface area contributed by atoms with E-state index in [4.69, 9.17) is 10.5 Å². The van der Waals surface area contributed by atoms with Gasteiger partial charge in [-0.15, -0.1) is 0 Å². The molecule has 0 aromatic carbocycles. The van der Waals surface area contributed by atoms with Crippen LogP contribution in [0, 0.1) is 5.41 Å². The lowest BCUT2D eigenvalue weighted by Crippen LogP contribution is -2.57. The maximum absolute atomic E-state index is 12.6. The van der Waals surface area contributed by atoms with E-state index in [0.717, 1.165) is 45.1 Å². The van der Waals surface area contributed by atoms with Crippen molar-refractivity contribution < 1.29 is 9.53 Å². The first-order chi connectivity index (χ1) is 8.60. The molecule has 1 atom stereocenters. The Morgan fingerprint density at radius 3 is 2.50 bits per heavy atom. The number of amides is 1. The zero-order valence-corrected chi connectivity index (χ0v) is 11.5. The zero-order valence-electron chi connectivity index (χ0n) is 11.5. The van der Waals surface area contributed by atoms with Crippen LogP contribution in [-0.4, -0.2) is 31.2 Å². The third kappa shape index (κ3) is 2.86. The summed E-state index contributed by atoms with van der Waals surface area (Å²) in [5.74, 6) is 0.151. The molecule has 1 saturated carbocycles. The molecule has 1 aliphatic heterocycles. The number of hydrogen-bond donors (Lipinski definition) is 2. The highest BCUT2D eigenvalue weighted by Crippen LogP contribution is 2.36. The van der Waals surface area contributed by atoms with Crippen LogP contribution in [0.15, 0.2) is 0 Å². The van der Waals surface area contributed by atoms with Crippen LogP contribution in [0.5, 0.6) is 0 Å². The second kappa shape index (κ2) is 5.57. The average molecular weight is 254 g/mol. The summed E-state index contributed by atoms with van der Waals surface area (Å²) in [5.41, 5.74) is 5.38. The number of carbonyl (C=O) groups is 1. The number of rotatable bonds is 3. The average Bonchev–Trinajstić information content (AvgIpc) is 2.39. The molecule has 3 N–H and O–H groups in total. The van der Waals surface area contributed by atoms with Crippen LogP contribution in [0.3, 0.4) is 0 Å². The summed E-state index contributed by atoms with van der Waals surface area (Å²) in [4.78, 5) is 12.6. The van der Waals surface area contributed by atoms with E-state index in [2.05, 4.69) is 12.2 Å². The molecular weight excluding hydrogens is 228 g/mol. The quantitative estimate of drug-likeness (QED) is 0.803. The van der Waals surface area contributed by atoms with Gasteiger partial charge in [-0.2, -0.15) is 0 Å². The van der Waals surface area contributed by atoms with Gasteiger partial charge in [-0.3, -0.25) is 4.79 Å². The van der Waals surface area contributed by atoms with Crippen molar-refractivity contribution in [2.24, 2.45) is 11.1 Å². The zero-order chi connectivity index (χ0) is 13.1. The molecular formula is C14H26N2O2. The maximum Gasteiger partial charge on any atom is 0.227 e. The Bertz CT molecular complexity index is 292. The Hall–Kier alpha value is -0.610. The minimum Gasteiger partial charge on any atom is -0.379 e. The molecule has 2 rings (SSSR count). The van der Waals surface area contributed by atoms with Gasteiger partial charge >= 0.3 is 0 Å². The summed E-state index contributed by atoms with van der Waals surface area (Å²) in [6, 6.07) is 0. The van der Waals surface area contributed by atoms with E-state index in [9.17, 15) is 4.79 Å². The Balaban J connectivity index is 2.00. The largest absolute Gasteiger partial charge is 0.379 e. The topological polar surface area (TPSA) is 64.4 Å². The molecule has 0 spiro atoms. The lowest BCUT2D eigenvalue weighted by molar-refractivity contribution is -0.136. The van der Waals surface area contributed by atoms with E-state index < -0.39 is 0 Å². The van der Waals surface area contributed by atoms with E-state index in [1.54, 1.807) is 0 Å². The van der Waals surface area contributed by atoms with Crippen molar-refractivity contribution >= 4 is 5.91 Å². The maximum atomic E-state index is 12.6. The van der Waals surface area contributed by atoms with E-state index in [0.29, 0.717) is 13.2 Å². The highest BCUT2D eigenvalue weighted by atomic mass is 16.5. The molecule has 18 heavy (non-hydrogen) atoms. The van der Waals surface area contributed by atoms with Gasteiger partial charge in [-0.05, 0) is 32.6 Å². The lowest BCUT2D eigenvalue weighted by atomic mass is 9.73. The molecule has 0 aromatic heterocycles. The van der Waals surface area contributed by atoms with Gasteiger partial charge in [0.25, 0.3) is 0 Å². The third-order valence-corrected chi connectivity index (χ3v) is 4.54. The summed E-state index contributed by atoms with van der Waals surface area (Å²) in [6.45, 7) is 3.99. The molecule has 0 bridgehead atoms. The SMILES string of the molecule is CC1(NC(=O)C2(CN)CCCCC2)CCCOC1.